The quantitative estimate of drug-likeness (QED) is 0.753. The van der Waals surface area contributed by atoms with Crippen molar-refractivity contribution in [2.75, 3.05) is 13.1 Å². The van der Waals surface area contributed by atoms with E-state index in [1.807, 2.05) is 0 Å². The Balaban J connectivity index is 1.80. The summed E-state index contributed by atoms with van der Waals surface area (Å²) in [6.45, 7) is 6.84. The summed E-state index contributed by atoms with van der Waals surface area (Å²) in [5, 5.41) is 3.83. The highest BCUT2D eigenvalue weighted by molar-refractivity contribution is 4.98. The van der Waals surface area contributed by atoms with Crippen LogP contribution >= 0.6 is 0 Å². The predicted molar refractivity (Wildman–Crippen MR) is 69.3 cm³/mol. The van der Waals surface area contributed by atoms with Crippen LogP contribution in [0.25, 0.3) is 0 Å². The van der Waals surface area contributed by atoms with Gasteiger partial charge in [-0.15, -0.1) is 0 Å². The van der Waals surface area contributed by atoms with Gasteiger partial charge >= 0.3 is 0 Å². The topological polar surface area (TPSA) is 38.0 Å². The molecule has 2 saturated carbocycles. The zero-order chi connectivity index (χ0) is 11.6. The van der Waals surface area contributed by atoms with Crippen molar-refractivity contribution in [3.63, 3.8) is 0 Å². The van der Waals surface area contributed by atoms with Crippen molar-refractivity contribution in [3.8, 4) is 0 Å². The molecule has 2 fully saturated rings. The largest absolute Gasteiger partial charge is 0.330 e. The molecule has 2 atom stereocenters. The first-order valence-corrected chi connectivity index (χ1v) is 7.11. The van der Waals surface area contributed by atoms with E-state index in [4.69, 9.17) is 5.73 Å². The Morgan fingerprint density at radius 3 is 2.50 bits per heavy atom. The minimum atomic E-state index is 0.636. The molecule has 0 radical (unpaired) electrons. The molecule has 0 aromatic carbocycles. The summed E-state index contributed by atoms with van der Waals surface area (Å²) in [4.78, 5) is 0. The Bertz CT molecular complexity index is 221. The van der Waals surface area contributed by atoms with Crippen LogP contribution in [0.2, 0.25) is 0 Å². The van der Waals surface area contributed by atoms with Crippen LogP contribution in [0, 0.1) is 17.3 Å². The van der Waals surface area contributed by atoms with Crippen molar-refractivity contribution in [1.29, 1.82) is 0 Å². The number of nitrogens with one attached hydrogen (secondary N) is 1. The molecule has 0 aliphatic heterocycles. The average Bonchev–Trinajstić information content (AvgIpc) is 3.08. The molecule has 2 aliphatic rings. The second-order valence-electron chi connectivity index (χ2n) is 6.28. The SMILES string of the molecule is CC(C)C1(CNC2CCCCC2CN)CC1. The summed E-state index contributed by atoms with van der Waals surface area (Å²) >= 11 is 0. The number of rotatable bonds is 5. The Labute approximate surface area is 100 Å². The third-order valence-corrected chi connectivity index (χ3v) is 5.05. The van der Waals surface area contributed by atoms with Crippen molar-refractivity contribution in [3.05, 3.63) is 0 Å². The van der Waals surface area contributed by atoms with Crippen LogP contribution in [-0.4, -0.2) is 19.1 Å². The van der Waals surface area contributed by atoms with E-state index >= 15 is 0 Å². The molecule has 0 aromatic heterocycles. The standard InChI is InChI=1S/C14H28N2/c1-11(2)14(7-8-14)10-16-13-6-4-3-5-12(13)9-15/h11-13,16H,3-10,15H2,1-2H3. The second kappa shape index (κ2) is 5.05. The fraction of sp³-hybridized carbons (Fsp3) is 1.00. The minimum absolute atomic E-state index is 0.636. The Morgan fingerprint density at radius 1 is 1.25 bits per heavy atom. The summed E-state index contributed by atoms with van der Waals surface area (Å²) in [5.41, 5.74) is 6.50. The van der Waals surface area contributed by atoms with Crippen LogP contribution in [0.5, 0.6) is 0 Å². The van der Waals surface area contributed by atoms with Gasteiger partial charge in [-0.25, -0.2) is 0 Å². The molecular weight excluding hydrogens is 196 g/mol. The Morgan fingerprint density at radius 2 is 1.94 bits per heavy atom. The third-order valence-electron chi connectivity index (χ3n) is 5.05. The highest BCUT2D eigenvalue weighted by Crippen LogP contribution is 2.51. The molecular formula is C14H28N2. The lowest BCUT2D eigenvalue weighted by molar-refractivity contribution is 0.235. The number of hydrogen-bond donors (Lipinski definition) is 2. The van der Waals surface area contributed by atoms with E-state index in [1.165, 1.54) is 45.1 Å². The van der Waals surface area contributed by atoms with Crippen LogP contribution in [0.1, 0.15) is 52.4 Å². The fourth-order valence-corrected chi connectivity index (χ4v) is 3.21. The summed E-state index contributed by atoms with van der Waals surface area (Å²) in [7, 11) is 0. The van der Waals surface area contributed by atoms with Crippen molar-refractivity contribution in [2.24, 2.45) is 23.0 Å². The van der Waals surface area contributed by atoms with Gasteiger partial charge < -0.3 is 11.1 Å². The molecule has 94 valence electrons. The smallest absolute Gasteiger partial charge is 0.0108 e. The maximum absolute atomic E-state index is 5.87. The lowest BCUT2D eigenvalue weighted by Crippen LogP contribution is -2.44. The molecule has 0 heterocycles. The van der Waals surface area contributed by atoms with E-state index in [2.05, 4.69) is 19.2 Å². The summed E-state index contributed by atoms with van der Waals surface area (Å²) in [6, 6.07) is 0.704. The van der Waals surface area contributed by atoms with E-state index in [1.54, 1.807) is 0 Å². The normalized spacial score (nSPS) is 33.0. The molecule has 0 aromatic rings. The molecule has 3 N–H and O–H groups in total. The first-order valence-electron chi connectivity index (χ1n) is 7.11. The van der Waals surface area contributed by atoms with Gasteiger partial charge in [0.1, 0.15) is 0 Å². The zero-order valence-electron chi connectivity index (χ0n) is 11.0. The van der Waals surface area contributed by atoms with E-state index in [0.29, 0.717) is 11.5 Å². The average molecular weight is 224 g/mol. The predicted octanol–water partition coefficient (Wildman–Crippen LogP) is 2.53. The Hall–Kier alpha value is -0.0800. The van der Waals surface area contributed by atoms with Crippen LogP contribution in [0.15, 0.2) is 0 Å². The van der Waals surface area contributed by atoms with E-state index in [-0.39, 0.29) is 0 Å². The van der Waals surface area contributed by atoms with Crippen molar-refractivity contribution >= 4 is 0 Å². The molecule has 2 unspecified atom stereocenters. The molecule has 2 nitrogen and oxygen atoms in total. The van der Waals surface area contributed by atoms with Gasteiger partial charge in [0.25, 0.3) is 0 Å². The van der Waals surface area contributed by atoms with Gasteiger partial charge in [-0.05, 0) is 49.5 Å². The van der Waals surface area contributed by atoms with Gasteiger partial charge in [-0.3, -0.25) is 0 Å². The van der Waals surface area contributed by atoms with Gasteiger partial charge in [-0.1, -0.05) is 26.7 Å². The van der Waals surface area contributed by atoms with E-state index in [9.17, 15) is 0 Å². The molecule has 2 rings (SSSR count). The molecule has 2 aliphatic carbocycles. The zero-order valence-corrected chi connectivity index (χ0v) is 11.0. The van der Waals surface area contributed by atoms with Crippen LogP contribution < -0.4 is 11.1 Å². The van der Waals surface area contributed by atoms with Crippen molar-refractivity contribution < 1.29 is 0 Å². The molecule has 0 bridgehead atoms. The Kier molecular flexibility index (Phi) is 3.91. The number of hydrogen-bond acceptors (Lipinski definition) is 2. The van der Waals surface area contributed by atoms with Gasteiger partial charge in [0.2, 0.25) is 0 Å². The van der Waals surface area contributed by atoms with Crippen molar-refractivity contribution in [1.82, 2.24) is 5.32 Å². The molecule has 2 heteroatoms. The number of nitrogens with two attached hydrogens (primary N) is 1. The first kappa shape index (κ1) is 12.4. The van der Waals surface area contributed by atoms with E-state index in [0.717, 1.165) is 18.4 Å². The lowest BCUT2D eigenvalue weighted by Gasteiger charge is -2.33. The molecule has 16 heavy (non-hydrogen) atoms. The highest BCUT2D eigenvalue weighted by Gasteiger charge is 2.45. The maximum atomic E-state index is 5.87. The van der Waals surface area contributed by atoms with Crippen LogP contribution in [0.4, 0.5) is 0 Å². The molecule has 0 spiro atoms. The highest BCUT2D eigenvalue weighted by atomic mass is 15.0. The van der Waals surface area contributed by atoms with Gasteiger partial charge in [-0.2, -0.15) is 0 Å². The monoisotopic (exact) mass is 224 g/mol. The summed E-state index contributed by atoms with van der Waals surface area (Å²) in [6.07, 6.45) is 8.31. The van der Waals surface area contributed by atoms with Crippen molar-refractivity contribution in [2.45, 2.75) is 58.4 Å². The minimum Gasteiger partial charge on any atom is -0.330 e. The van der Waals surface area contributed by atoms with Gasteiger partial charge in [0, 0.05) is 12.6 Å². The molecule has 0 saturated heterocycles. The lowest BCUT2D eigenvalue weighted by atomic mass is 9.83. The van der Waals surface area contributed by atoms with Gasteiger partial charge in [0.15, 0.2) is 0 Å². The van der Waals surface area contributed by atoms with E-state index < -0.39 is 0 Å². The summed E-state index contributed by atoms with van der Waals surface area (Å²) in [5.74, 6) is 1.57. The third kappa shape index (κ3) is 2.60. The summed E-state index contributed by atoms with van der Waals surface area (Å²) < 4.78 is 0. The maximum Gasteiger partial charge on any atom is 0.0108 e. The van der Waals surface area contributed by atoms with Crippen LogP contribution in [0.3, 0.4) is 0 Å². The first-order chi connectivity index (χ1) is 7.68. The molecule has 0 amide bonds. The fourth-order valence-electron chi connectivity index (χ4n) is 3.21. The second-order valence-corrected chi connectivity index (χ2v) is 6.28. The van der Waals surface area contributed by atoms with Crippen LogP contribution in [-0.2, 0) is 0 Å². The van der Waals surface area contributed by atoms with Gasteiger partial charge in [0.05, 0.1) is 0 Å².